The Kier molecular flexibility index (Phi) is 4.64. The fourth-order valence-electron chi connectivity index (χ4n) is 2.48. The molecule has 4 nitrogen and oxygen atoms in total. The maximum Gasteiger partial charge on any atom is 0.142 e. The zero-order valence-corrected chi connectivity index (χ0v) is 11.6. The lowest BCUT2D eigenvalue weighted by molar-refractivity contribution is 0.336. The first-order valence-corrected chi connectivity index (χ1v) is 6.85. The van der Waals surface area contributed by atoms with Gasteiger partial charge in [-0.3, -0.25) is 0 Å². The number of nitrogens with zero attached hydrogens (tertiary/aromatic N) is 2. The highest BCUT2D eigenvalue weighted by atomic mass is 16.5. The summed E-state index contributed by atoms with van der Waals surface area (Å²) in [7, 11) is 0. The molecule has 1 aromatic rings. The van der Waals surface area contributed by atoms with Gasteiger partial charge in [-0.15, -0.1) is 0 Å². The number of piperazine rings is 1. The van der Waals surface area contributed by atoms with Crippen molar-refractivity contribution >= 4 is 5.69 Å². The molecule has 1 aliphatic rings. The fourth-order valence-corrected chi connectivity index (χ4v) is 2.48. The number of hydrogen-bond acceptors (Lipinski definition) is 4. The van der Waals surface area contributed by atoms with Crippen LogP contribution in [-0.2, 0) is 0 Å². The smallest absolute Gasteiger partial charge is 0.142 e. The number of para-hydroxylation sites is 2. The number of rotatable bonds is 4. The summed E-state index contributed by atoms with van der Waals surface area (Å²) in [6.07, 6.45) is 0.542. The standard InChI is InChI=1S/C15H21N3O/c1-3-19-15-7-5-4-6-14(15)18-11-13(8-9-16)17-10-12(18)2/h4-7,12-13,17H,3,8,10-11H2,1-2H3. The lowest BCUT2D eigenvalue weighted by Gasteiger charge is -2.40. The summed E-state index contributed by atoms with van der Waals surface area (Å²) in [5.41, 5.74) is 1.13. The van der Waals surface area contributed by atoms with Crippen LogP contribution in [0.25, 0.3) is 0 Å². The van der Waals surface area contributed by atoms with E-state index < -0.39 is 0 Å². The molecule has 0 aliphatic carbocycles. The van der Waals surface area contributed by atoms with Crippen LogP contribution in [-0.4, -0.2) is 31.8 Å². The highest BCUT2D eigenvalue weighted by molar-refractivity contribution is 5.59. The molecule has 2 rings (SSSR count). The molecule has 0 radical (unpaired) electrons. The van der Waals surface area contributed by atoms with Gasteiger partial charge in [0, 0.05) is 25.2 Å². The summed E-state index contributed by atoms with van der Waals surface area (Å²) in [6.45, 7) is 6.60. The van der Waals surface area contributed by atoms with Gasteiger partial charge in [0.2, 0.25) is 0 Å². The second kappa shape index (κ2) is 6.44. The van der Waals surface area contributed by atoms with Crippen LogP contribution in [0, 0.1) is 11.3 Å². The van der Waals surface area contributed by atoms with Crippen molar-refractivity contribution in [2.45, 2.75) is 32.4 Å². The first kappa shape index (κ1) is 13.7. The minimum atomic E-state index is 0.232. The van der Waals surface area contributed by atoms with E-state index in [1.165, 1.54) is 0 Å². The molecule has 1 fully saturated rings. The Hall–Kier alpha value is -1.73. The summed E-state index contributed by atoms with van der Waals surface area (Å²) >= 11 is 0. The summed E-state index contributed by atoms with van der Waals surface area (Å²) in [5, 5.41) is 12.3. The predicted molar refractivity (Wildman–Crippen MR) is 76.4 cm³/mol. The number of ether oxygens (including phenoxy) is 1. The second-order valence-electron chi connectivity index (χ2n) is 4.87. The van der Waals surface area contributed by atoms with E-state index in [1.54, 1.807) is 0 Å². The van der Waals surface area contributed by atoms with Crippen LogP contribution in [0.4, 0.5) is 5.69 Å². The molecular formula is C15H21N3O. The molecule has 1 aromatic carbocycles. The Morgan fingerprint density at radius 3 is 3.00 bits per heavy atom. The van der Waals surface area contributed by atoms with Crippen LogP contribution < -0.4 is 15.0 Å². The average molecular weight is 259 g/mol. The average Bonchev–Trinajstić information content (AvgIpc) is 2.42. The molecule has 2 atom stereocenters. The Morgan fingerprint density at radius 1 is 1.47 bits per heavy atom. The van der Waals surface area contributed by atoms with Crippen LogP contribution >= 0.6 is 0 Å². The Labute approximate surface area is 115 Å². The summed E-state index contributed by atoms with van der Waals surface area (Å²) in [6, 6.07) is 11.0. The van der Waals surface area contributed by atoms with Crippen molar-refractivity contribution in [1.82, 2.24) is 5.32 Å². The maximum atomic E-state index is 8.85. The molecule has 19 heavy (non-hydrogen) atoms. The molecule has 0 spiro atoms. The van der Waals surface area contributed by atoms with Gasteiger partial charge in [-0.2, -0.15) is 5.26 Å². The van der Waals surface area contributed by atoms with Crippen molar-refractivity contribution < 1.29 is 4.74 Å². The van der Waals surface area contributed by atoms with Crippen molar-refractivity contribution in [1.29, 1.82) is 5.26 Å². The van der Waals surface area contributed by atoms with Gasteiger partial charge in [-0.25, -0.2) is 0 Å². The molecule has 0 saturated carbocycles. The Morgan fingerprint density at radius 2 is 2.26 bits per heavy atom. The molecule has 1 N–H and O–H groups in total. The van der Waals surface area contributed by atoms with Crippen LogP contribution in [0.3, 0.4) is 0 Å². The Bertz CT molecular complexity index is 455. The van der Waals surface area contributed by atoms with Crippen LogP contribution in [0.1, 0.15) is 20.3 Å². The van der Waals surface area contributed by atoms with E-state index in [0.29, 0.717) is 19.1 Å². The van der Waals surface area contributed by atoms with Crippen LogP contribution in [0.15, 0.2) is 24.3 Å². The molecule has 102 valence electrons. The van der Waals surface area contributed by atoms with Gasteiger partial charge in [-0.05, 0) is 26.0 Å². The van der Waals surface area contributed by atoms with E-state index in [1.807, 2.05) is 25.1 Å². The second-order valence-corrected chi connectivity index (χ2v) is 4.87. The number of nitrogens with one attached hydrogen (secondary N) is 1. The monoisotopic (exact) mass is 259 g/mol. The lowest BCUT2D eigenvalue weighted by atomic mass is 10.1. The molecular weight excluding hydrogens is 238 g/mol. The number of nitriles is 1. The minimum Gasteiger partial charge on any atom is -0.492 e. The molecule has 0 amide bonds. The van der Waals surface area contributed by atoms with Gasteiger partial charge >= 0.3 is 0 Å². The first-order chi connectivity index (χ1) is 9.26. The zero-order valence-electron chi connectivity index (χ0n) is 11.6. The van der Waals surface area contributed by atoms with E-state index in [2.05, 4.69) is 29.3 Å². The van der Waals surface area contributed by atoms with Crippen molar-refractivity contribution in [3.05, 3.63) is 24.3 Å². The van der Waals surface area contributed by atoms with Crippen molar-refractivity contribution in [3.8, 4) is 11.8 Å². The summed E-state index contributed by atoms with van der Waals surface area (Å²) < 4.78 is 5.71. The quantitative estimate of drug-likeness (QED) is 0.900. The van der Waals surface area contributed by atoms with Gasteiger partial charge in [0.25, 0.3) is 0 Å². The van der Waals surface area contributed by atoms with Crippen LogP contribution in [0.5, 0.6) is 5.75 Å². The number of benzene rings is 1. The highest BCUT2D eigenvalue weighted by Gasteiger charge is 2.26. The molecule has 0 bridgehead atoms. The first-order valence-electron chi connectivity index (χ1n) is 6.85. The lowest BCUT2D eigenvalue weighted by Crippen LogP contribution is -2.55. The number of anilines is 1. The number of hydrogen-bond donors (Lipinski definition) is 1. The third-order valence-electron chi connectivity index (χ3n) is 3.46. The minimum absolute atomic E-state index is 0.232. The van der Waals surface area contributed by atoms with Crippen molar-refractivity contribution in [3.63, 3.8) is 0 Å². The molecule has 1 heterocycles. The summed E-state index contributed by atoms with van der Waals surface area (Å²) in [4.78, 5) is 2.34. The predicted octanol–water partition coefficient (Wildman–Crippen LogP) is 2.17. The van der Waals surface area contributed by atoms with E-state index in [4.69, 9.17) is 10.00 Å². The van der Waals surface area contributed by atoms with E-state index in [9.17, 15) is 0 Å². The molecule has 1 aliphatic heterocycles. The maximum absolute atomic E-state index is 8.85. The summed E-state index contributed by atoms with van der Waals surface area (Å²) in [5.74, 6) is 0.925. The fraction of sp³-hybridized carbons (Fsp3) is 0.533. The van der Waals surface area contributed by atoms with E-state index in [-0.39, 0.29) is 6.04 Å². The Balaban J connectivity index is 2.21. The van der Waals surface area contributed by atoms with Gasteiger partial charge in [0.1, 0.15) is 5.75 Å². The zero-order chi connectivity index (χ0) is 13.7. The normalized spacial score (nSPS) is 22.9. The molecule has 1 saturated heterocycles. The van der Waals surface area contributed by atoms with Gasteiger partial charge in [0.15, 0.2) is 0 Å². The topological polar surface area (TPSA) is 48.3 Å². The molecule has 2 unspecified atom stereocenters. The SMILES string of the molecule is CCOc1ccccc1N1CC(CC#N)NCC1C. The van der Waals surface area contributed by atoms with Gasteiger partial charge in [0.05, 0.1) is 24.8 Å². The molecule has 0 aromatic heterocycles. The third-order valence-corrected chi connectivity index (χ3v) is 3.46. The van der Waals surface area contributed by atoms with Gasteiger partial charge < -0.3 is 15.0 Å². The largest absolute Gasteiger partial charge is 0.492 e. The van der Waals surface area contributed by atoms with E-state index >= 15 is 0 Å². The van der Waals surface area contributed by atoms with Crippen molar-refractivity contribution in [2.24, 2.45) is 0 Å². The van der Waals surface area contributed by atoms with Crippen LogP contribution in [0.2, 0.25) is 0 Å². The van der Waals surface area contributed by atoms with Gasteiger partial charge in [-0.1, -0.05) is 12.1 Å². The molecule has 4 heteroatoms. The van der Waals surface area contributed by atoms with Crippen molar-refractivity contribution in [2.75, 3.05) is 24.6 Å². The third kappa shape index (κ3) is 3.18. The highest BCUT2D eigenvalue weighted by Crippen LogP contribution is 2.30. The van der Waals surface area contributed by atoms with E-state index in [0.717, 1.165) is 24.5 Å².